The van der Waals surface area contributed by atoms with Crippen molar-refractivity contribution < 1.29 is 9.59 Å². The first-order valence-electron chi connectivity index (χ1n) is 2.99. The maximum absolute atomic E-state index is 10.2. The SMILES string of the molecule is O=[C]P([C]=O)c1ccccc1. The number of benzene rings is 1. The van der Waals surface area contributed by atoms with Gasteiger partial charge in [-0.25, -0.2) is 0 Å². The molecule has 0 aliphatic carbocycles. The minimum atomic E-state index is -1.46. The van der Waals surface area contributed by atoms with E-state index in [0.717, 1.165) is 0 Å². The largest absolute Gasteiger partial charge is 0.284 e. The van der Waals surface area contributed by atoms with Crippen molar-refractivity contribution in [2.75, 3.05) is 0 Å². The van der Waals surface area contributed by atoms with Crippen LogP contribution in [0.3, 0.4) is 0 Å². The highest BCUT2D eigenvalue weighted by Crippen LogP contribution is 2.24. The molecule has 0 bridgehead atoms. The van der Waals surface area contributed by atoms with E-state index >= 15 is 0 Å². The average molecular weight is 164 g/mol. The van der Waals surface area contributed by atoms with Gasteiger partial charge in [0.2, 0.25) is 12.1 Å². The van der Waals surface area contributed by atoms with Crippen molar-refractivity contribution in [3.05, 3.63) is 30.3 Å². The van der Waals surface area contributed by atoms with Crippen molar-refractivity contribution in [1.29, 1.82) is 0 Å². The van der Waals surface area contributed by atoms with E-state index in [0.29, 0.717) is 5.30 Å². The Morgan fingerprint density at radius 3 is 2.00 bits per heavy atom. The van der Waals surface area contributed by atoms with Crippen LogP contribution in [0.4, 0.5) is 0 Å². The van der Waals surface area contributed by atoms with Gasteiger partial charge in [-0.15, -0.1) is 0 Å². The summed E-state index contributed by atoms with van der Waals surface area (Å²) in [6.45, 7) is 0. The first-order chi connectivity index (χ1) is 5.38. The maximum atomic E-state index is 10.2. The van der Waals surface area contributed by atoms with Gasteiger partial charge in [-0.2, -0.15) is 0 Å². The third-order valence-corrected chi connectivity index (χ3v) is 2.38. The summed E-state index contributed by atoms with van der Waals surface area (Å²) in [6.07, 6.45) is 0. The van der Waals surface area contributed by atoms with E-state index in [1.165, 1.54) is 0 Å². The van der Waals surface area contributed by atoms with E-state index in [9.17, 15) is 9.59 Å². The Morgan fingerprint density at radius 1 is 1.00 bits per heavy atom. The molecule has 0 unspecified atom stereocenters. The molecule has 0 atom stereocenters. The highest BCUT2D eigenvalue weighted by atomic mass is 31.1. The van der Waals surface area contributed by atoms with Crippen molar-refractivity contribution in [3.63, 3.8) is 0 Å². The quantitative estimate of drug-likeness (QED) is 0.622. The third-order valence-electron chi connectivity index (χ3n) is 1.20. The molecule has 1 aromatic carbocycles. The number of hydrogen-bond acceptors (Lipinski definition) is 2. The molecule has 1 aromatic rings. The molecule has 0 amide bonds. The first-order valence-corrected chi connectivity index (χ1v) is 4.33. The Kier molecular flexibility index (Phi) is 2.94. The van der Waals surface area contributed by atoms with Crippen LogP contribution in [0.1, 0.15) is 0 Å². The van der Waals surface area contributed by atoms with Crippen molar-refractivity contribution in [2.24, 2.45) is 0 Å². The molecular weight excluding hydrogens is 159 g/mol. The van der Waals surface area contributed by atoms with Gasteiger partial charge < -0.3 is 0 Å². The molecule has 11 heavy (non-hydrogen) atoms. The number of rotatable bonds is 3. The molecule has 1 rings (SSSR count). The Bertz CT molecular complexity index is 238. The summed E-state index contributed by atoms with van der Waals surface area (Å²) >= 11 is 0. The van der Waals surface area contributed by atoms with E-state index in [1.54, 1.807) is 36.3 Å². The zero-order valence-corrected chi connectivity index (χ0v) is 6.54. The topological polar surface area (TPSA) is 34.1 Å². The zero-order chi connectivity index (χ0) is 8.10. The fraction of sp³-hybridized carbons (Fsp3) is 0. The van der Waals surface area contributed by atoms with Crippen LogP contribution < -0.4 is 5.30 Å². The van der Waals surface area contributed by atoms with Crippen molar-refractivity contribution >= 4 is 25.3 Å². The van der Waals surface area contributed by atoms with Crippen molar-refractivity contribution in [1.82, 2.24) is 0 Å². The first kappa shape index (κ1) is 8.09. The Hall–Kier alpha value is -1.01. The molecular formula is C8H5O2P. The van der Waals surface area contributed by atoms with E-state index in [-0.39, 0.29) is 0 Å². The van der Waals surface area contributed by atoms with Crippen LogP contribution in [0.5, 0.6) is 0 Å². The van der Waals surface area contributed by atoms with Gasteiger partial charge in [0.1, 0.15) is 0 Å². The summed E-state index contributed by atoms with van der Waals surface area (Å²) in [5.41, 5.74) is 0. The number of carbonyl (C=O) groups excluding carboxylic acids is 2. The molecule has 0 heterocycles. The van der Waals surface area contributed by atoms with Gasteiger partial charge in [0, 0.05) is 0 Å². The molecule has 3 heteroatoms. The summed E-state index contributed by atoms with van der Waals surface area (Å²) in [4.78, 5) is 20.4. The predicted octanol–water partition coefficient (Wildman–Crippen LogP) is 0.928. The summed E-state index contributed by atoms with van der Waals surface area (Å²) in [6, 6.07) is 12.1. The van der Waals surface area contributed by atoms with Gasteiger partial charge in [-0.1, -0.05) is 30.3 Å². The number of hydrogen-bond donors (Lipinski definition) is 0. The van der Waals surface area contributed by atoms with E-state index < -0.39 is 7.92 Å². The lowest BCUT2D eigenvalue weighted by Crippen LogP contribution is -1.99. The van der Waals surface area contributed by atoms with Crippen LogP contribution in [-0.2, 0) is 9.59 Å². The molecule has 0 saturated heterocycles. The molecule has 0 aliphatic heterocycles. The fourth-order valence-electron chi connectivity index (χ4n) is 0.701. The summed E-state index contributed by atoms with van der Waals surface area (Å²) in [5.74, 6) is 0. The Morgan fingerprint density at radius 2 is 1.55 bits per heavy atom. The standard InChI is InChI=1S/C8H5O2P/c9-6-11(7-10)8-4-2-1-3-5-8/h1-5H. The molecule has 54 valence electrons. The smallest absolute Gasteiger partial charge is 0.237 e. The monoisotopic (exact) mass is 164 g/mol. The highest BCUT2D eigenvalue weighted by Gasteiger charge is 2.08. The minimum absolute atomic E-state index is 0.701. The lowest BCUT2D eigenvalue weighted by Gasteiger charge is -1.97. The second kappa shape index (κ2) is 3.99. The third kappa shape index (κ3) is 1.95. The highest BCUT2D eigenvalue weighted by molar-refractivity contribution is 7.91. The van der Waals surface area contributed by atoms with Crippen LogP contribution in [0, 0.1) is 0 Å². The molecule has 0 aromatic heterocycles. The van der Waals surface area contributed by atoms with Crippen LogP contribution >= 0.6 is 7.92 Å². The molecule has 2 radical (unpaired) electrons. The Balaban J connectivity index is 2.90. The van der Waals surface area contributed by atoms with E-state index in [1.807, 2.05) is 6.07 Å². The molecule has 0 aliphatic rings. The molecule has 2 nitrogen and oxygen atoms in total. The Labute approximate surface area is 66.0 Å². The summed E-state index contributed by atoms with van der Waals surface area (Å²) in [7, 11) is -1.46. The van der Waals surface area contributed by atoms with Crippen molar-refractivity contribution in [3.8, 4) is 0 Å². The van der Waals surface area contributed by atoms with E-state index in [4.69, 9.17) is 0 Å². The lowest BCUT2D eigenvalue weighted by molar-refractivity contribution is 0.566. The van der Waals surface area contributed by atoms with Crippen LogP contribution in [0.2, 0.25) is 0 Å². The summed E-state index contributed by atoms with van der Waals surface area (Å²) in [5, 5.41) is 0.701. The van der Waals surface area contributed by atoms with Crippen LogP contribution in [0.15, 0.2) is 30.3 Å². The van der Waals surface area contributed by atoms with Crippen LogP contribution in [0.25, 0.3) is 0 Å². The lowest BCUT2D eigenvalue weighted by atomic mass is 10.4. The van der Waals surface area contributed by atoms with Gasteiger partial charge in [-0.05, 0) is 5.30 Å². The second-order valence-electron chi connectivity index (χ2n) is 1.85. The second-order valence-corrected chi connectivity index (χ2v) is 3.41. The van der Waals surface area contributed by atoms with Gasteiger partial charge in [0.05, 0.1) is 7.92 Å². The predicted molar refractivity (Wildman–Crippen MR) is 44.4 cm³/mol. The molecule has 0 fully saturated rings. The molecule has 0 spiro atoms. The summed E-state index contributed by atoms with van der Waals surface area (Å²) < 4.78 is 0. The normalized spacial score (nSPS) is 9.55. The molecule has 0 saturated carbocycles. The van der Waals surface area contributed by atoms with Crippen LogP contribution in [-0.4, -0.2) is 12.1 Å². The van der Waals surface area contributed by atoms with Gasteiger partial charge in [-0.3, -0.25) is 9.59 Å². The van der Waals surface area contributed by atoms with Gasteiger partial charge in [0.25, 0.3) is 0 Å². The van der Waals surface area contributed by atoms with Gasteiger partial charge in [0.15, 0.2) is 0 Å². The van der Waals surface area contributed by atoms with Gasteiger partial charge >= 0.3 is 0 Å². The maximum Gasteiger partial charge on any atom is 0.237 e. The van der Waals surface area contributed by atoms with E-state index in [2.05, 4.69) is 0 Å². The fourth-order valence-corrected chi connectivity index (χ4v) is 1.42. The van der Waals surface area contributed by atoms with Crippen molar-refractivity contribution in [2.45, 2.75) is 0 Å². The minimum Gasteiger partial charge on any atom is -0.284 e. The zero-order valence-electron chi connectivity index (χ0n) is 5.65. The average Bonchev–Trinajstić information content (AvgIpc) is 2.09. The molecule has 0 N–H and O–H groups in total.